The Morgan fingerprint density at radius 3 is 2.85 bits per heavy atom. The van der Waals surface area contributed by atoms with E-state index in [1.54, 1.807) is 4.52 Å². The zero-order valence-corrected chi connectivity index (χ0v) is 15.0. The Morgan fingerprint density at radius 2 is 2.04 bits per heavy atom. The number of ether oxygens (including phenoxy) is 1. The van der Waals surface area contributed by atoms with Crippen LogP contribution in [0.1, 0.15) is 19.3 Å². The first-order valence-electron chi connectivity index (χ1n) is 9.25. The van der Waals surface area contributed by atoms with Gasteiger partial charge in [0.25, 0.3) is 5.88 Å². The summed E-state index contributed by atoms with van der Waals surface area (Å²) < 4.78 is 7.65. The predicted octanol–water partition coefficient (Wildman–Crippen LogP) is 2.85. The van der Waals surface area contributed by atoms with E-state index in [2.05, 4.69) is 15.0 Å². The lowest BCUT2D eigenvalue weighted by atomic mass is 10.1. The SMILES string of the molecule is O=C1C=CC(=Nc2c(OCCN3CCCCC3)nn3ccccc23)C(O)=C1. The van der Waals surface area contributed by atoms with Gasteiger partial charge in [-0.2, -0.15) is 0 Å². The van der Waals surface area contributed by atoms with E-state index in [1.165, 1.54) is 31.4 Å². The van der Waals surface area contributed by atoms with E-state index >= 15 is 0 Å². The normalized spacial score (nSPS) is 19.6. The van der Waals surface area contributed by atoms with Crippen molar-refractivity contribution in [1.82, 2.24) is 14.5 Å². The van der Waals surface area contributed by atoms with Crippen molar-refractivity contribution in [3.05, 3.63) is 48.4 Å². The van der Waals surface area contributed by atoms with Gasteiger partial charge in [0, 0.05) is 18.8 Å². The minimum absolute atomic E-state index is 0.156. The summed E-state index contributed by atoms with van der Waals surface area (Å²) in [6.07, 6.45) is 9.64. The highest BCUT2D eigenvalue weighted by Crippen LogP contribution is 2.32. The van der Waals surface area contributed by atoms with E-state index in [9.17, 15) is 9.90 Å². The van der Waals surface area contributed by atoms with E-state index in [0.717, 1.165) is 31.2 Å². The number of fused-ring (bicyclic) bond motifs is 1. The second kappa shape index (κ2) is 7.75. The molecule has 4 rings (SSSR count). The van der Waals surface area contributed by atoms with Crippen LogP contribution in [0.3, 0.4) is 0 Å². The molecule has 1 aliphatic heterocycles. The molecule has 3 heterocycles. The Labute approximate surface area is 157 Å². The van der Waals surface area contributed by atoms with Gasteiger partial charge in [-0.1, -0.05) is 12.5 Å². The summed E-state index contributed by atoms with van der Waals surface area (Å²) in [5.41, 5.74) is 1.63. The largest absolute Gasteiger partial charge is 0.506 e. The predicted molar refractivity (Wildman–Crippen MR) is 103 cm³/mol. The number of allylic oxidation sites excluding steroid dienone is 3. The van der Waals surface area contributed by atoms with Gasteiger partial charge >= 0.3 is 0 Å². The van der Waals surface area contributed by atoms with Gasteiger partial charge in [0.05, 0.1) is 5.52 Å². The number of nitrogens with zero attached hydrogens (tertiary/aromatic N) is 4. The van der Waals surface area contributed by atoms with E-state index < -0.39 is 0 Å². The lowest BCUT2D eigenvalue weighted by Crippen LogP contribution is -2.33. The Bertz CT molecular complexity index is 936. The molecule has 0 spiro atoms. The minimum Gasteiger partial charge on any atom is -0.506 e. The second-order valence-corrected chi connectivity index (χ2v) is 6.70. The lowest BCUT2D eigenvalue weighted by Gasteiger charge is -2.25. The zero-order valence-electron chi connectivity index (χ0n) is 15.0. The number of likely N-dealkylation sites (tertiary alicyclic amines) is 1. The van der Waals surface area contributed by atoms with Crippen LogP contribution in [0.5, 0.6) is 5.88 Å². The third-order valence-corrected chi connectivity index (χ3v) is 4.76. The Morgan fingerprint density at radius 1 is 1.19 bits per heavy atom. The van der Waals surface area contributed by atoms with E-state index in [1.807, 2.05) is 24.4 Å². The number of aliphatic imine (C=N–C) groups is 1. The molecule has 0 atom stereocenters. The average molecular weight is 366 g/mol. The Hall–Kier alpha value is -2.93. The quantitative estimate of drug-likeness (QED) is 0.823. The van der Waals surface area contributed by atoms with Crippen LogP contribution >= 0.6 is 0 Å². The highest BCUT2D eigenvalue weighted by molar-refractivity contribution is 6.19. The molecule has 2 aromatic heterocycles. The molecule has 0 unspecified atom stereocenters. The van der Waals surface area contributed by atoms with Crippen LogP contribution < -0.4 is 4.74 Å². The summed E-state index contributed by atoms with van der Waals surface area (Å²) in [6, 6.07) is 5.67. The molecule has 2 aliphatic rings. The molecule has 2 aromatic rings. The summed E-state index contributed by atoms with van der Waals surface area (Å²) in [6.45, 7) is 3.60. The molecule has 0 bridgehead atoms. The third kappa shape index (κ3) is 3.93. The van der Waals surface area contributed by atoms with Crippen LogP contribution in [0.25, 0.3) is 5.52 Å². The molecule has 140 valence electrons. The van der Waals surface area contributed by atoms with Gasteiger partial charge in [0.1, 0.15) is 18.1 Å². The molecule has 1 aliphatic carbocycles. The number of aliphatic hydroxyl groups is 1. The fourth-order valence-corrected chi connectivity index (χ4v) is 3.34. The fourth-order valence-electron chi connectivity index (χ4n) is 3.34. The van der Waals surface area contributed by atoms with Crippen molar-refractivity contribution in [3.8, 4) is 5.88 Å². The molecular weight excluding hydrogens is 344 g/mol. The maximum absolute atomic E-state index is 11.4. The van der Waals surface area contributed by atoms with Crippen molar-refractivity contribution in [2.75, 3.05) is 26.2 Å². The zero-order chi connectivity index (χ0) is 18.6. The lowest BCUT2D eigenvalue weighted by molar-refractivity contribution is -0.110. The van der Waals surface area contributed by atoms with Gasteiger partial charge in [0.15, 0.2) is 11.5 Å². The number of hydrogen-bond acceptors (Lipinski definition) is 6. The van der Waals surface area contributed by atoms with E-state index in [-0.39, 0.29) is 11.5 Å². The molecule has 1 saturated heterocycles. The molecule has 0 radical (unpaired) electrons. The van der Waals surface area contributed by atoms with Gasteiger partial charge in [-0.3, -0.25) is 9.69 Å². The number of aromatic nitrogens is 2. The number of hydrogen-bond donors (Lipinski definition) is 1. The first-order valence-corrected chi connectivity index (χ1v) is 9.25. The number of rotatable bonds is 5. The average Bonchev–Trinajstić information content (AvgIpc) is 3.02. The highest BCUT2D eigenvalue weighted by Gasteiger charge is 2.18. The summed E-state index contributed by atoms with van der Waals surface area (Å²) in [7, 11) is 0. The van der Waals surface area contributed by atoms with Crippen molar-refractivity contribution in [3.63, 3.8) is 0 Å². The van der Waals surface area contributed by atoms with Gasteiger partial charge in [-0.15, -0.1) is 5.10 Å². The number of ketones is 1. The number of aliphatic hydroxyl groups excluding tert-OH is 1. The van der Waals surface area contributed by atoms with Crippen LogP contribution in [0.15, 0.2) is 53.4 Å². The molecular formula is C20H22N4O3. The molecule has 1 fully saturated rings. The van der Waals surface area contributed by atoms with Crippen molar-refractivity contribution in [2.45, 2.75) is 19.3 Å². The van der Waals surface area contributed by atoms with E-state index in [0.29, 0.717) is 23.9 Å². The standard InChI is InChI=1S/C20H22N4O3/c25-15-7-8-16(18(26)14-15)21-19-17-6-2-5-11-24(17)22-20(19)27-13-12-23-9-3-1-4-10-23/h2,5-8,11,14,26H,1,3-4,9-10,12-13H2. The van der Waals surface area contributed by atoms with Gasteiger partial charge < -0.3 is 9.84 Å². The third-order valence-electron chi connectivity index (χ3n) is 4.76. The van der Waals surface area contributed by atoms with Gasteiger partial charge in [-0.25, -0.2) is 9.51 Å². The molecule has 27 heavy (non-hydrogen) atoms. The Balaban J connectivity index is 1.59. The van der Waals surface area contributed by atoms with Crippen LogP contribution in [-0.2, 0) is 4.79 Å². The number of carbonyl (C=O) groups is 1. The fraction of sp³-hybridized carbons (Fsp3) is 0.350. The maximum Gasteiger partial charge on any atom is 0.260 e. The summed E-state index contributed by atoms with van der Waals surface area (Å²) in [4.78, 5) is 18.3. The molecule has 0 aromatic carbocycles. The maximum atomic E-state index is 11.4. The van der Waals surface area contributed by atoms with Crippen molar-refractivity contribution in [1.29, 1.82) is 0 Å². The first kappa shape index (κ1) is 17.5. The Kier molecular flexibility index (Phi) is 5.02. The molecule has 1 N–H and O–H groups in total. The van der Waals surface area contributed by atoms with Crippen LogP contribution in [-0.4, -0.2) is 57.4 Å². The summed E-state index contributed by atoms with van der Waals surface area (Å²) in [5.74, 6) is 0.00479. The second-order valence-electron chi connectivity index (χ2n) is 6.70. The van der Waals surface area contributed by atoms with Crippen molar-refractivity contribution in [2.24, 2.45) is 4.99 Å². The summed E-state index contributed by atoms with van der Waals surface area (Å²) >= 11 is 0. The van der Waals surface area contributed by atoms with E-state index in [4.69, 9.17) is 4.74 Å². The summed E-state index contributed by atoms with van der Waals surface area (Å²) in [5, 5.41) is 14.5. The monoisotopic (exact) mass is 366 g/mol. The molecule has 0 amide bonds. The number of carbonyl (C=O) groups excluding carboxylic acids is 1. The number of piperidine rings is 1. The molecule has 7 nitrogen and oxygen atoms in total. The van der Waals surface area contributed by atoms with Crippen molar-refractivity contribution >= 4 is 22.7 Å². The topological polar surface area (TPSA) is 79.4 Å². The minimum atomic E-state index is -0.260. The van der Waals surface area contributed by atoms with Crippen LogP contribution in [0.4, 0.5) is 5.69 Å². The van der Waals surface area contributed by atoms with Gasteiger partial charge in [0.2, 0.25) is 0 Å². The molecule has 0 saturated carbocycles. The first-order chi connectivity index (χ1) is 13.2. The van der Waals surface area contributed by atoms with Crippen LogP contribution in [0.2, 0.25) is 0 Å². The highest BCUT2D eigenvalue weighted by atomic mass is 16.5. The number of pyridine rings is 1. The van der Waals surface area contributed by atoms with Crippen LogP contribution in [0, 0.1) is 0 Å². The smallest absolute Gasteiger partial charge is 0.260 e. The van der Waals surface area contributed by atoms with Gasteiger partial charge in [-0.05, 0) is 50.2 Å². The van der Waals surface area contributed by atoms with Crippen molar-refractivity contribution < 1.29 is 14.6 Å². The molecule has 7 heteroatoms.